The molecule has 2 N–H and O–H groups in total. The Kier molecular flexibility index (Phi) is 9.97. The van der Waals surface area contributed by atoms with Gasteiger partial charge in [0.25, 0.3) is 0 Å². The lowest BCUT2D eigenvalue weighted by molar-refractivity contribution is -0.152. The van der Waals surface area contributed by atoms with Crippen molar-refractivity contribution in [3.05, 3.63) is 101 Å². The predicted molar refractivity (Wildman–Crippen MR) is 179 cm³/mol. The Bertz CT molecular complexity index is 1510. The van der Waals surface area contributed by atoms with Gasteiger partial charge in [-0.3, -0.25) is 4.79 Å². The van der Waals surface area contributed by atoms with E-state index in [-0.39, 0.29) is 29.0 Å². The van der Waals surface area contributed by atoms with Crippen LogP contribution in [0.5, 0.6) is 0 Å². The normalized spacial score (nSPS) is 34.9. The van der Waals surface area contributed by atoms with Gasteiger partial charge in [0.05, 0.1) is 17.3 Å². The summed E-state index contributed by atoms with van der Waals surface area (Å²) in [7, 11) is 0. The summed E-state index contributed by atoms with van der Waals surface area (Å²) in [5.74, 6) is -0.242. The zero-order chi connectivity index (χ0) is 34.1. The number of epoxide rings is 1. The average molecular weight is 631 g/mol. The number of rotatable bonds is 8. The summed E-state index contributed by atoms with van der Waals surface area (Å²) in [6.07, 6.45) is 22.3. The van der Waals surface area contributed by atoms with Crippen molar-refractivity contribution in [2.24, 2.45) is 10.8 Å². The molecule has 4 aliphatic rings. The smallest absolute Gasteiger partial charge is 0.343 e. The van der Waals surface area contributed by atoms with E-state index in [1.54, 1.807) is 19.1 Å². The molecule has 248 valence electrons. The maximum atomic E-state index is 12.5. The van der Waals surface area contributed by atoms with Crippen molar-refractivity contribution in [1.82, 2.24) is 0 Å². The van der Waals surface area contributed by atoms with Crippen LogP contribution in [0.4, 0.5) is 0 Å². The Morgan fingerprint density at radius 2 is 1.61 bits per heavy atom. The first-order chi connectivity index (χ1) is 21.3. The molecule has 0 spiro atoms. The third-order valence-electron chi connectivity index (χ3n) is 9.53. The van der Waals surface area contributed by atoms with E-state index < -0.39 is 22.8 Å². The Balaban J connectivity index is 1.35. The number of carbonyl (C=O) groups is 2. The second-order valence-electron chi connectivity index (χ2n) is 14.9. The zero-order valence-corrected chi connectivity index (χ0v) is 28.8. The minimum absolute atomic E-state index is 0.256. The van der Waals surface area contributed by atoms with Gasteiger partial charge in [0.1, 0.15) is 23.1 Å². The fourth-order valence-corrected chi connectivity index (χ4v) is 7.61. The topological polar surface area (TPSA) is 106 Å². The molecule has 2 aliphatic heterocycles. The maximum Gasteiger partial charge on any atom is 0.343 e. The fourth-order valence-electron chi connectivity index (χ4n) is 7.61. The standard InChI is InChI=1S/C39H50O7/c1-26(16-17-33-35(4,5)24-32(44-28(3)40)25-37(33,8)43)14-12-10-11-13-15-27(2)20-31-21-29(34(42)45-31)18-19-39-36(6,7)22-30(41)23-38(39,9)46-39/h10-16,18-21,30,32,41,43H,22-25H2,1-9H3/b12-10+,13-11+,19-18+,26-14+,27-15+,31-20+/t17?,30-,32-,37+,38+,39?/m0/s1. The number of hydrogen-bond acceptors (Lipinski definition) is 7. The quantitative estimate of drug-likeness (QED) is 0.126. The van der Waals surface area contributed by atoms with E-state index in [2.05, 4.69) is 19.6 Å². The van der Waals surface area contributed by atoms with Crippen molar-refractivity contribution in [2.75, 3.05) is 0 Å². The number of ether oxygens (including phenoxy) is 3. The minimum atomic E-state index is -1.12. The maximum absolute atomic E-state index is 12.5. The Hall–Kier alpha value is -3.48. The highest BCUT2D eigenvalue weighted by Gasteiger charge is 2.74. The van der Waals surface area contributed by atoms with Gasteiger partial charge in [0.15, 0.2) is 0 Å². The molecule has 0 aromatic carbocycles. The van der Waals surface area contributed by atoms with E-state index in [1.807, 2.05) is 89.3 Å². The van der Waals surface area contributed by atoms with Crippen LogP contribution in [-0.2, 0) is 23.8 Å². The predicted octanol–water partition coefficient (Wildman–Crippen LogP) is 7.21. The van der Waals surface area contributed by atoms with Crippen LogP contribution in [0.1, 0.15) is 88.0 Å². The lowest BCUT2D eigenvalue weighted by Gasteiger charge is -2.44. The second kappa shape index (κ2) is 13.0. The molecule has 0 bridgehead atoms. The third-order valence-corrected chi connectivity index (χ3v) is 9.53. The number of cyclic esters (lactones) is 1. The number of aliphatic hydroxyl groups is 2. The monoisotopic (exact) mass is 630 g/mol. The summed E-state index contributed by atoms with van der Waals surface area (Å²) < 4.78 is 17.1. The number of esters is 2. The van der Waals surface area contributed by atoms with E-state index in [4.69, 9.17) is 14.2 Å². The number of aliphatic hydroxyl groups excluding tert-OH is 1. The minimum Gasteiger partial charge on any atom is -0.462 e. The van der Waals surface area contributed by atoms with Gasteiger partial charge in [-0.1, -0.05) is 64.2 Å². The van der Waals surface area contributed by atoms with Crippen LogP contribution in [0.3, 0.4) is 0 Å². The second-order valence-corrected chi connectivity index (χ2v) is 14.9. The van der Waals surface area contributed by atoms with Gasteiger partial charge in [-0.25, -0.2) is 4.79 Å². The lowest BCUT2D eigenvalue weighted by Crippen LogP contribution is -2.46. The summed E-state index contributed by atoms with van der Waals surface area (Å²) in [5, 5.41) is 21.4. The highest BCUT2D eigenvalue weighted by atomic mass is 16.6. The summed E-state index contributed by atoms with van der Waals surface area (Å²) in [4.78, 5) is 24.0. The highest BCUT2D eigenvalue weighted by molar-refractivity contribution is 5.95. The van der Waals surface area contributed by atoms with Crippen LogP contribution < -0.4 is 0 Å². The van der Waals surface area contributed by atoms with E-state index >= 15 is 0 Å². The Morgan fingerprint density at radius 1 is 0.957 bits per heavy atom. The molecule has 1 unspecified atom stereocenters. The summed E-state index contributed by atoms with van der Waals surface area (Å²) in [6.45, 7) is 17.3. The van der Waals surface area contributed by atoms with Gasteiger partial charge in [0.2, 0.25) is 0 Å². The first-order valence-corrected chi connectivity index (χ1v) is 16.1. The molecule has 7 heteroatoms. The van der Waals surface area contributed by atoms with Crippen molar-refractivity contribution in [2.45, 2.75) is 117 Å². The molecule has 7 nitrogen and oxygen atoms in total. The number of hydrogen-bond donors (Lipinski definition) is 2. The molecule has 46 heavy (non-hydrogen) atoms. The van der Waals surface area contributed by atoms with E-state index in [1.165, 1.54) is 6.92 Å². The van der Waals surface area contributed by atoms with Crippen molar-refractivity contribution in [1.29, 1.82) is 0 Å². The van der Waals surface area contributed by atoms with Crippen LogP contribution in [0, 0.1) is 10.8 Å². The SMILES string of the molecule is CC(=O)O[C@H]1CC(C)(C)C(=C=C/C(C)=C/C=C/C=C/C=C(C)/C=C2C=C(/C=C/C34O[C@]3(C)C[C@@H](O)CC4(C)C)C(=O)O\2)[C@](C)(O)C1. The van der Waals surface area contributed by atoms with E-state index in [0.717, 1.165) is 16.7 Å². The van der Waals surface area contributed by atoms with Crippen LogP contribution in [0.2, 0.25) is 0 Å². The van der Waals surface area contributed by atoms with Crippen LogP contribution >= 0.6 is 0 Å². The van der Waals surface area contributed by atoms with Crippen LogP contribution in [-0.4, -0.2) is 51.2 Å². The fraction of sp³-hybridized carbons (Fsp3) is 0.513. The Labute approximate surface area is 274 Å². The van der Waals surface area contributed by atoms with Crippen molar-refractivity contribution >= 4 is 11.9 Å². The molecule has 0 aromatic heterocycles. The molecule has 0 amide bonds. The highest BCUT2D eigenvalue weighted by Crippen LogP contribution is 2.66. The van der Waals surface area contributed by atoms with Gasteiger partial charge in [-0.05, 0) is 87.5 Å². The van der Waals surface area contributed by atoms with Crippen molar-refractivity contribution in [3.63, 3.8) is 0 Å². The third kappa shape index (κ3) is 7.72. The summed E-state index contributed by atoms with van der Waals surface area (Å²) >= 11 is 0. The van der Waals surface area contributed by atoms with Crippen LogP contribution in [0.25, 0.3) is 0 Å². The van der Waals surface area contributed by atoms with Gasteiger partial charge in [-0.2, -0.15) is 0 Å². The van der Waals surface area contributed by atoms with E-state index in [0.29, 0.717) is 37.0 Å². The largest absolute Gasteiger partial charge is 0.462 e. The summed E-state index contributed by atoms with van der Waals surface area (Å²) in [5.41, 5.74) is 3.82. The first-order valence-electron chi connectivity index (χ1n) is 16.1. The zero-order valence-electron chi connectivity index (χ0n) is 28.8. The molecule has 4 rings (SSSR count). The number of fused-ring (bicyclic) bond motifs is 1. The lowest BCUT2D eigenvalue weighted by atomic mass is 9.63. The molecular weight excluding hydrogens is 580 g/mol. The molecule has 2 aliphatic carbocycles. The molecule has 2 heterocycles. The Morgan fingerprint density at radius 3 is 2.22 bits per heavy atom. The summed E-state index contributed by atoms with van der Waals surface area (Å²) in [6, 6.07) is 0. The molecule has 5 atom stereocenters. The van der Waals surface area contributed by atoms with Crippen LogP contribution in [0.15, 0.2) is 101 Å². The van der Waals surface area contributed by atoms with Crippen molar-refractivity contribution in [3.8, 4) is 0 Å². The molecule has 2 saturated carbocycles. The molecule has 1 saturated heterocycles. The molecular formula is C39H50O7. The van der Waals surface area contributed by atoms with Gasteiger partial charge in [0, 0.05) is 30.8 Å². The van der Waals surface area contributed by atoms with Gasteiger partial charge < -0.3 is 24.4 Å². The first kappa shape index (κ1) is 35.4. The molecule has 0 aromatic rings. The number of carbonyl (C=O) groups excluding carboxylic acids is 2. The van der Waals surface area contributed by atoms with Gasteiger partial charge >= 0.3 is 11.9 Å². The van der Waals surface area contributed by atoms with Gasteiger partial charge in [-0.15, -0.1) is 5.73 Å². The molecule has 3 fully saturated rings. The van der Waals surface area contributed by atoms with Crippen molar-refractivity contribution < 1.29 is 34.0 Å². The number of allylic oxidation sites excluding steroid dienone is 10. The van der Waals surface area contributed by atoms with E-state index in [9.17, 15) is 19.8 Å². The average Bonchev–Trinajstić information content (AvgIpc) is 3.36. The molecule has 0 radical (unpaired) electrons.